The number of ether oxygens (including phenoxy) is 1. The van der Waals surface area contributed by atoms with Crippen LogP contribution in [0.15, 0.2) is 12.4 Å². The van der Waals surface area contributed by atoms with Crippen molar-refractivity contribution in [1.29, 1.82) is 0 Å². The molecule has 88 valence electrons. The van der Waals surface area contributed by atoms with Gasteiger partial charge in [-0.3, -0.25) is 0 Å². The van der Waals surface area contributed by atoms with E-state index in [2.05, 4.69) is 22.2 Å². The maximum atomic E-state index is 5.02. The third-order valence-corrected chi connectivity index (χ3v) is 3.13. The fourth-order valence-corrected chi connectivity index (χ4v) is 2.24. The first kappa shape index (κ1) is 11.2. The van der Waals surface area contributed by atoms with Crippen LogP contribution in [0.5, 0.6) is 5.75 Å². The summed E-state index contributed by atoms with van der Waals surface area (Å²) in [7, 11) is 1.62. The molecule has 1 heterocycles. The minimum Gasteiger partial charge on any atom is -0.494 e. The molecule has 2 atom stereocenters. The van der Waals surface area contributed by atoms with Crippen molar-refractivity contribution in [3.63, 3.8) is 0 Å². The molecule has 2 rings (SSSR count). The standard InChI is InChI=1S/C12H19N3O/c1-9-4-3-5-10(6-9)15-12-13-7-11(16-2)8-14-12/h7-10H,3-6H2,1-2H3,(H,13,14,15). The second-order valence-electron chi connectivity index (χ2n) is 4.56. The molecule has 0 saturated heterocycles. The average molecular weight is 221 g/mol. The van der Waals surface area contributed by atoms with E-state index in [-0.39, 0.29) is 0 Å². The van der Waals surface area contributed by atoms with E-state index in [1.807, 2.05) is 0 Å². The smallest absolute Gasteiger partial charge is 0.223 e. The van der Waals surface area contributed by atoms with Crippen LogP contribution in [0.1, 0.15) is 32.6 Å². The molecule has 1 aromatic heterocycles. The highest BCUT2D eigenvalue weighted by molar-refractivity contribution is 5.28. The maximum absolute atomic E-state index is 5.02. The highest BCUT2D eigenvalue weighted by Crippen LogP contribution is 2.25. The van der Waals surface area contributed by atoms with Gasteiger partial charge < -0.3 is 10.1 Å². The molecule has 16 heavy (non-hydrogen) atoms. The number of nitrogens with one attached hydrogen (secondary N) is 1. The summed E-state index contributed by atoms with van der Waals surface area (Å²) < 4.78 is 5.02. The Morgan fingerprint density at radius 1 is 1.31 bits per heavy atom. The molecule has 4 heteroatoms. The summed E-state index contributed by atoms with van der Waals surface area (Å²) in [5, 5.41) is 3.38. The minimum atomic E-state index is 0.525. The molecule has 0 radical (unpaired) electrons. The molecule has 1 fully saturated rings. The third kappa shape index (κ3) is 2.84. The van der Waals surface area contributed by atoms with Crippen molar-refractivity contribution in [2.75, 3.05) is 12.4 Å². The number of rotatable bonds is 3. The molecule has 0 spiro atoms. The summed E-state index contributed by atoms with van der Waals surface area (Å²) in [5.74, 6) is 2.21. The maximum Gasteiger partial charge on any atom is 0.223 e. The van der Waals surface area contributed by atoms with Crippen LogP contribution in [-0.2, 0) is 0 Å². The predicted molar refractivity (Wildman–Crippen MR) is 63.6 cm³/mol. The number of anilines is 1. The zero-order chi connectivity index (χ0) is 11.4. The van der Waals surface area contributed by atoms with Gasteiger partial charge in [-0.15, -0.1) is 0 Å². The van der Waals surface area contributed by atoms with Gasteiger partial charge in [0.1, 0.15) is 0 Å². The molecular formula is C12H19N3O. The van der Waals surface area contributed by atoms with Gasteiger partial charge in [-0.1, -0.05) is 19.8 Å². The molecule has 0 bridgehead atoms. The summed E-state index contributed by atoms with van der Waals surface area (Å²) in [5.41, 5.74) is 0. The Bertz CT molecular complexity index is 326. The van der Waals surface area contributed by atoms with Crippen LogP contribution in [0.4, 0.5) is 5.95 Å². The van der Waals surface area contributed by atoms with Crippen molar-refractivity contribution in [1.82, 2.24) is 9.97 Å². The summed E-state index contributed by atoms with van der Waals surface area (Å²) >= 11 is 0. The molecular weight excluding hydrogens is 202 g/mol. The fraction of sp³-hybridized carbons (Fsp3) is 0.667. The van der Waals surface area contributed by atoms with Gasteiger partial charge in [0, 0.05) is 6.04 Å². The molecule has 1 aliphatic carbocycles. The van der Waals surface area contributed by atoms with Gasteiger partial charge in [-0.2, -0.15) is 0 Å². The Labute approximate surface area is 96.4 Å². The van der Waals surface area contributed by atoms with E-state index < -0.39 is 0 Å². The number of hydrogen-bond acceptors (Lipinski definition) is 4. The Kier molecular flexibility index (Phi) is 3.59. The van der Waals surface area contributed by atoms with E-state index in [1.165, 1.54) is 25.7 Å². The first-order chi connectivity index (χ1) is 7.78. The van der Waals surface area contributed by atoms with E-state index in [0.717, 1.165) is 5.92 Å². The topological polar surface area (TPSA) is 47.0 Å². The third-order valence-electron chi connectivity index (χ3n) is 3.13. The van der Waals surface area contributed by atoms with E-state index in [0.29, 0.717) is 17.7 Å². The van der Waals surface area contributed by atoms with Crippen molar-refractivity contribution in [2.24, 2.45) is 5.92 Å². The van der Waals surface area contributed by atoms with Gasteiger partial charge in [-0.05, 0) is 18.8 Å². The predicted octanol–water partition coefficient (Wildman–Crippen LogP) is 2.48. The molecule has 1 N–H and O–H groups in total. The Morgan fingerprint density at radius 3 is 2.69 bits per heavy atom. The van der Waals surface area contributed by atoms with Crippen LogP contribution in [0.25, 0.3) is 0 Å². The van der Waals surface area contributed by atoms with Gasteiger partial charge >= 0.3 is 0 Å². The quantitative estimate of drug-likeness (QED) is 0.851. The van der Waals surface area contributed by atoms with E-state index in [4.69, 9.17) is 4.74 Å². The van der Waals surface area contributed by atoms with Crippen LogP contribution < -0.4 is 10.1 Å². The highest BCUT2D eigenvalue weighted by Gasteiger charge is 2.19. The van der Waals surface area contributed by atoms with E-state index in [1.54, 1.807) is 19.5 Å². The van der Waals surface area contributed by atoms with Crippen molar-refractivity contribution in [3.05, 3.63) is 12.4 Å². The van der Waals surface area contributed by atoms with Crippen LogP contribution >= 0.6 is 0 Å². The van der Waals surface area contributed by atoms with Gasteiger partial charge in [0.25, 0.3) is 0 Å². The van der Waals surface area contributed by atoms with Gasteiger partial charge in [-0.25, -0.2) is 9.97 Å². The highest BCUT2D eigenvalue weighted by atomic mass is 16.5. The summed E-state index contributed by atoms with van der Waals surface area (Å²) in [6.07, 6.45) is 8.48. The first-order valence-electron chi connectivity index (χ1n) is 5.90. The van der Waals surface area contributed by atoms with Crippen molar-refractivity contribution >= 4 is 5.95 Å². The zero-order valence-corrected chi connectivity index (χ0v) is 9.94. The lowest BCUT2D eigenvalue weighted by Gasteiger charge is -2.27. The Morgan fingerprint density at radius 2 is 2.06 bits per heavy atom. The molecule has 0 aliphatic heterocycles. The number of nitrogens with zero attached hydrogens (tertiary/aromatic N) is 2. The summed E-state index contributed by atoms with van der Waals surface area (Å²) in [6, 6.07) is 0.525. The fourth-order valence-electron chi connectivity index (χ4n) is 2.24. The number of aromatic nitrogens is 2. The van der Waals surface area contributed by atoms with E-state index >= 15 is 0 Å². The van der Waals surface area contributed by atoms with Gasteiger partial charge in [0.15, 0.2) is 5.75 Å². The lowest BCUT2D eigenvalue weighted by molar-refractivity contribution is 0.357. The van der Waals surface area contributed by atoms with Crippen LogP contribution in [0.3, 0.4) is 0 Å². The first-order valence-corrected chi connectivity index (χ1v) is 5.90. The second-order valence-corrected chi connectivity index (χ2v) is 4.56. The van der Waals surface area contributed by atoms with Gasteiger partial charge in [0.05, 0.1) is 19.5 Å². The summed E-state index contributed by atoms with van der Waals surface area (Å²) in [6.45, 7) is 2.31. The Hall–Kier alpha value is -1.32. The minimum absolute atomic E-state index is 0.525. The molecule has 2 unspecified atom stereocenters. The van der Waals surface area contributed by atoms with Crippen molar-refractivity contribution < 1.29 is 4.74 Å². The lowest BCUT2D eigenvalue weighted by Crippen LogP contribution is -2.27. The average Bonchev–Trinajstić information content (AvgIpc) is 2.30. The molecule has 1 aromatic rings. The normalized spacial score (nSPS) is 25.1. The Balaban J connectivity index is 1.92. The van der Waals surface area contributed by atoms with Crippen LogP contribution in [-0.4, -0.2) is 23.1 Å². The molecule has 1 saturated carbocycles. The monoisotopic (exact) mass is 221 g/mol. The number of methoxy groups -OCH3 is 1. The van der Waals surface area contributed by atoms with Gasteiger partial charge in [0.2, 0.25) is 5.95 Å². The SMILES string of the molecule is COc1cnc(NC2CCCC(C)C2)nc1. The summed E-state index contributed by atoms with van der Waals surface area (Å²) in [4.78, 5) is 8.44. The largest absolute Gasteiger partial charge is 0.494 e. The molecule has 4 nitrogen and oxygen atoms in total. The molecule has 0 aromatic carbocycles. The molecule has 1 aliphatic rings. The number of hydrogen-bond donors (Lipinski definition) is 1. The van der Waals surface area contributed by atoms with Crippen molar-refractivity contribution in [2.45, 2.75) is 38.6 Å². The van der Waals surface area contributed by atoms with E-state index in [9.17, 15) is 0 Å². The van der Waals surface area contributed by atoms with Crippen LogP contribution in [0.2, 0.25) is 0 Å². The second kappa shape index (κ2) is 5.14. The van der Waals surface area contributed by atoms with Crippen molar-refractivity contribution in [3.8, 4) is 5.75 Å². The zero-order valence-electron chi connectivity index (χ0n) is 9.94. The molecule has 0 amide bonds. The van der Waals surface area contributed by atoms with Crippen LogP contribution in [0, 0.1) is 5.92 Å². The lowest BCUT2D eigenvalue weighted by atomic mass is 9.87.